The smallest absolute Gasteiger partial charge is 0.416 e. The number of alkyl halides is 3. The number of hydrogen-bond acceptors (Lipinski definition) is 5. The number of rotatable bonds is 3. The number of nitriles is 1. The summed E-state index contributed by atoms with van der Waals surface area (Å²) in [6.07, 6.45) is 0.316. The molecule has 11 heteroatoms. The van der Waals surface area contributed by atoms with Gasteiger partial charge in [0.15, 0.2) is 0 Å². The zero-order valence-electron chi connectivity index (χ0n) is 18.9. The third-order valence-electron chi connectivity index (χ3n) is 5.85. The molecule has 0 spiro atoms. The number of imidazole rings is 1. The molecule has 0 fully saturated rings. The van der Waals surface area contributed by atoms with Crippen molar-refractivity contribution in [1.29, 1.82) is 5.26 Å². The van der Waals surface area contributed by atoms with Gasteiger partial charge in [0.25, 0.3) is 0 Å². The molecule has 0 aliphatic rings. The Bertz CT molecular complexity index is 1740. The van der Waals surface area contributed by atoms with Crippen LogP contribution in [-0.2, 0) is 13.2 Å². The number of ether oxygens (including phenoxy) is 1. The summed E-state index contributed by atoms with van der Waals surface area (Å²) in [6.45, 7) is 0. The molecule has 0 amide bonds. The molecule has 3 aromatic heterocycles. The summed E-state index contributed by atoms with van der Waals surface area (Å²) >= 11 is 0. The minimum Gasteiger partial charge on any atom is -0.481 e. The van der Waals surface area contributed by atoms with Gasteiger partial charge in [-0.05, 0) is 42.0 Å². The maximum atomic E-state index is 14.7. The number of benzene rings is 2. The highest BCUT2D eigenvalue weighted by molar-refractivity contribution is 6.04. The molecular formula is C25H16F4N6O. The van der Waals surface area contributed by atoms with Gasteiger partial charge >= 0.3 is 6.18 Å². The van der Waals surface area contributed by atoms with E-state index in [-0.39, 0.29) is 16.7 Å². The Labute approximate surface area is 201 Å². The van der Waals surface area contributed by atoms with E-state index in [1.54, 1.807) is 52.8 Å². The second kappa shape index (κ2) is 8.49. The number of hydrogen-bond donors (Lipinski definition) is 0. The molecule has 5 rings (SSSR count). The molecule has 3 heterocycles. The van der Waals surface area contributed by atoms with Crippen LogP contribution in [0.4, 0.5) is 17.6 Å². The van der Waals surface area contributed by atoms with E-state index in [9.17, 15) is 22.8 Å². The lowest BCUT2D eigenvalue weighted by atomic mass is 10.00. The Morgan fingerprint density at radius 2 is 1.83 bits per heavy atom. The first-order valence-electron chi connectivity index (χ1n) is 10.5. The van der Waals surface area contributed by atoms with Crippen LogP contribution in [0.15, 0.2) is 65.9 Å². The van der Waals surface area contributed by atoms with Gasteiger partial charge in [0.1, 0.15) is 5.82 Å². The van der Waals surface area contributed by atoms with Crippen molar-refractivity contribution in [2.24, 2.45) is 12.0 Å². The highest BCUT2D eigenvalue weighted by Crippen LogP contribution is 2.35. The Morgan fingerprint density at radius 1 is 1.03 bits per heavy atom. The van der Waals surface area contributed by atoms with E-state index in [1.807, 2.05) is 0 Å². The van der Waals surface area contributed by atoms with Crippen LogP contribution in [-0.4, -0.2) is 26.2 Å². The predicted octanol–water partition coefficient (Wildman–Crippen LogP) is 5.13. The number of fused-ring (bicyclic) bond motifs is 3. The van der Waals surface area contributed by atoms with Crippen molar-refractivity contribution in [1.82, 2.24) is 19.1 Å². The van der Waals surface area contributed by atoms with Gasteiger partial charge in [-0.2, -0.15) is 18.4 Å². The minimum atomic E-state index is -4.62. The molecule has 0 bridgehead atoms. The number of aromatic nitrogens is 4. The summed E-state index contributed by atoms with van der Waals surface area (Å²) in [5, 5.41) is 9.84. The van der Waals surface area contributed by atoms with Crippen molar-refractivity contribution >= 4 is 21.9 Å². The van der Waals surface area contributed by atoms with Gasteiger partial charge in [0.05, 0.1) is 47.3 Å². The average molecular weight is 492 g/mol. The Kier molecular flexibility index (Phi) is 5.44. The second-order valence-electron chi connectivity index (χ2n) is 7.88. The van der Waals surface area contributed by atoms with E-state index >= 15 is 0 Å². The zero-order valence-corrected chi connectivity index (χ0v) is 18.9. The van der Waals surface area contributed by atoms with E-state index in [0.29, 0.717) is 39.6 Å². The zero-order chi connectivity index (χ0) is 25.6. The Balaban J connectivity index is 1.86. The Hall–Kier alpha value is -4.72. The number of pyridine rings is 2. The molecule has 0 saturated heterocycles. The van der Waals surface area contributed by atoms with Crippen molar-refractivity contribution < 1.29 is 22.3 Å². The highest BCUT2D eigenvalue weighted by Gasteiger charge is 2.31. The van der Waals surface area contributed by atoms with Crippen molar-refractivity contribution in [2.75, 3.05) is 7.11 Å². The Morgan fingerprint density at radius 3 is 2.50 bits per heavy atom. The first-order chi connectivity index (χ1) is 17.2. The SMILES string of the molecule is COc1ccc(-n2/c(=N\C#N)n(C)c3cnc4ccc(-c5cc(C(F)(F)F)ccc5F)cc4c32)cn1. The second-order valence-corrected chi connectivity index (χ2v) is 7.88. The van der Waals surface area contributed by atoms with Crippen LogP contribution in [0.25, 0.3) is 38.8 Å². The molecule has 2 aromatic carbocycles. The number of nitrogens with zero attached hydrogens (tertiary/aromatic N) is 6. The normalized spacial score (nSPS) is 12.3. The van der Waals surface area contributed by atoms with Crippen LogP contribution in [0.1, 0.15) is 5.56 Å². The van der Waals surface area contributed by atoms with Gasteiger partial charge in [0, 0.05) is 24.1 Å². The molecule has 36 heavy (non-hydrogen) atoms. The molecule has 180 valence electrons. The standard InChI is InChI=1S/C25H16F4N6O/c1-34-21-12-31-20-7-3-14(17-10-15(25(27,28)29)4-6-19(17)26)9-18(20)23(21)35(24(34)33-13-30)16-5-8-22(36-2)32-11-16/h3-12H,1-2H3/b33-24-. The van der Waals surface area contributed by atoms with Crippen LogP contribution in [0.5, 0.6) is 5.88 Å². The number of methoxy groups -OCH3 is 1. The maximum absolute atomic E-state index is 14.7. The quantitative estimate of drug-likeness (QED) is 0.258. The highest BCUT2D eigenvalue weighted by atomic mass is 19.4. The maximum Gasteiger partial charge on any atom is 0.416 e. The molecule has 0 saturated carbocycles. The van der Waals surface area contributed by atoms with E-state index in [0.717, 1.165) is 12.1 Å². The summed E-state index contributed by atoms with van der Waals surface area (Å²) in [7, 11) is 3.19. The predicted molar refractivity (Wildman–Crippen MR) is 123 cm³/mol. The van der Waals surface area contributed by atoms with Crippen LogP contribution < -0.4 is 10.4 Å². The van der Waals surface area contributed by atoms with Crippen molar-refractivity contribution in [3.05, 3.63) is 77.9 Å². The fourth-order valence-corrected chi connectivity index (χ4v) is 4.14. The van der Waals surface area contributed by atoms with Crippen LogP contribution in [0.3, 0.4) is 0 Å². The summed E-state index contributed by atoms with van der Waals surface area (Å²) < 4.78 is 63.1. The minimum absolute atomic E-state index is 0.195. The third kappa shape index (κ3) is 3.73. The van der Waals surface area contributed by atoms with Gasteiger partial charge in [0.2, 0.25) is 17.7 Å². The van der Waals surface area contributed by atoms with Gasteiger partial charge in [-0.3, -0.25) is 9.55 Å². The molecule has 0 unspecified atom stereocenters. The molecule has 0 aliphatic carbocycles. The van der Waals surface area contributed by atoms with E-state index < -0.39 is 17.6 Å². The molecule has 0 radical (unpaired) electrons. The fraction of sp³-hybridized carbons (Fsp3) is 0.120. The monoisotopic (exact) mass is 492 g/mol. The van der Waals surface area contributed by atoms with Crippen LogP contribution >= 0.6 is 0 Å². The van der Waals surface area contributed by atoms with Gasteiger partial charge < -0.3 is 9.30 Å². The lowest BCUT2D eigenvalue weighted by Gasteiger charge is -2.12. The molecule has 0 atom stereocenters. The molecule has 0 N–H and O–H groups in total. The fourth-order valence-electron chi connectivity index (χ4n) is 4.14. The molecule has 0 aliphatic heterocycles. The van der Waals surface area contributed by atoms with Gasteiger partial charge in [-0.1, -0.05) is 6.07 Å². The molecular weight excluding hydrogens is 476 g/mol. The van der Waals surface area contributed by atoms with Crippen LogP contribution in [0, 0.1) is 17.3 Å². The lowest BCUT2D eigenvalue weighted by molar-refractivity contribution is -0.137. The van der Waals surface area contributed by atoms with Gasteiger partial charge in [-0.25, -0.2) is 9.37 Å². The first-order valence-corrected chi connectivity index (χ1v) is 10.5. The topological polar surface area (TPSA) is 81.0 Å². The van der Waals surface area contributed by atoms with Crippen molar-refractivity contribution in [3.63, 3.8) is 0 Å². The lowest BCUT2D eigenvalue weighted by Crippen LogP contribution is -2.22. The number of halogens is 4. The average Bonchev–Trinajstić information content (AvgIpc) is 3.15. The van der Waals surface area contributed by atoms with E-state index in [2.05, 4.69) is 15.0 Å². The van der Waals surface area contributed by atoms with E-state index in [4.69, 9.17) is 4.74 Å². The summed E-state index contributed by atoms with van der Waals surface area (Å²) in [5.41, 5.74) is 1.59. The summed E-state index contributed by atoms with van der Waals surface area (Å²) in [6, 6.07) is 10.4. The largest absolute Gasteiger partial charge is 0.481 e. The van der Waals surface area contributed by atoms with E-state index in [1.165, 1.54) is 19.4 Å². The first kappa shape index (κ1) is 23.0. The van der Waals surface area contributed by atoms with Gasteiger partial charge in [-0.15, -0.1) is 4.99 Å². The van der Waals surface area contributed by atoms with Crippen molar-refractivity contribution in [3.8, 4) is 28.9 Å². The van der Waals surface area contributed by atoms with Crippen LogP contribution in [0.2, 0.25) is 0 Å². The molecule has 5 aromatic rings. The summed E-state index contributed by atoms with van der Waals surface area (Å²) in [5.74, 6) is -0.407. The number of aryl methyl sites for hydroxylation is 1. The molecule has 7 nitrogen and oxygen atoms in total. The van der Waals surface area contributed by atoms with Crippen molar-refractivity contribution in [2.45, 2.75) is 6.18 Å². The summed E-state index contributed by atoms with van der Waals surface area (Å²) in [4.78, 5) is 12.6. The third-order valence-corrected chi connectivity index (χ3v) is 5.85.